The van der Waals surface area contributed by atoms with Crippen molar-refractivity contribution < 1.29 is 14.6 Å². The first-order valence-electron chi connectivity index (χ1n) is 5.80. The molecule has 0 spiro atoms. The van der Waals surface area contributed by atoms with Gasteiger partial charge in [-0.3, -0.25) is 4.79 Å². The largest absolute Gasteiger partial charge is 0.394 e. The van der Waals surface area contributed by atoms with E-state index >= 15 is 0 Å². The Balaban J connectivity index is 2.53. The van der Waals surface area contributed by atoms with Crippen molar-refractivity contribution >= 4 is 12.0 Å². The van der Waals surface area contributed by atoms with Crippen molar-refractivity contribution in [2.45, 2.75) is 13.0 Å². The second-order valence-electron chi connectivity index (χ2n) is 4.09. The molecule has 18 heavy (non-hydrogen) atoms. The van der Waals surface area contributed by atoms with Crippen molar-refractivity contribution in [3.05, 3.63) is 41.5 Å². The molecule has 0 aliphatic rings. The smallest absolute Gasteiger partial charge is 0.244 e. The topological polar surface area (TPSA) is 58.6 Å². The lowest BCUT2D eigenvalue weighted by atomic mass is 10.1. The van der Waals surface area contributed by atoms with Gasteiger partial charge >= 0.3 is 0 Å². The summed E-state index contributed by atoms with van der Waals surface area (Å²) in [4.78, 5) is 11.6. The van der Waals surface area contributed by atoms with Gasteiger partial charge in [0.15, 0.2) is 0 Å². The maximum Gasteiger partial charge on any atom is 0.244 e. The van der Waals surface area contributed by atoms with E-state index < -0.39 is 0 Å². The molecule has 0 bridgehead atoms. The zero-order valence-electron chi connectivity index (χ0n) is 10.7. The van der Waals surface area contributed by atoms with Crippen LogP contribution in [-0.2, 0) is 9.53 Å². The van der Waals surface area contributed by atoms with Gasteiger partial charge in [0.1, 0.15) is 0 Å². The fourth-order valence-electron chi connectivity index (χ4n) is 1.54. The van der Waals surface area contributed by atoms with E-state index in [1.54, 1.807) is 6.08 Å². The summed E-state index contributed by atoms with van der Waals surface area (Å²) >= 11 is 0. The highest BCUT2D eigenvalue weighted by Crippen LogP contribution is 2.05. The Labute approximate surface area is 107 Å². The number of amides is 1. The number of carbonyl (C=O) groups is 1. The molecule has 0 fully saturated rings. The van der Waals surface area contributed by atoms with Gasteiger partial charge in [-0.1, -0.05) is 29.8 Å². The van der Waals surface area contributed by atoms with E-state index in [4.69, 9.17) is 9.84 Å². The van der Waals surface area contributed by atoms with Crippen LogP contribution in [0.4, 0.5) is 0 Å². The van der Waals surface area contributed by atoms with E-state index in [9.17, 15) is 4.79 Å². The lowest BCUT2D eigenvalue weighted by molar-refractivity contribution is -0.117. The molecule has 0 heterocycles. The van der Waals surface area contributed by atoms with Crippen LogP contribution < -0.4 is 5.32 Å². The lowest BCUT2D eigenvalue weighted by Crippen LogP contribution is -2.39. The van der Waals surface area contributed by atoms with E-state index in [1.165, 1.54) is 13.2 Å². The average molecular weight is 249 g/mol. The second kappa shape index (κ2) is 7.63. The number of nitrogens with one attached hydrogen (secondary N) is 1. The molecule has 0 saturated heterocycles. The summed E-state index contributed by atoms with van der Waals surface area (Å²) in [5, 5.41) is 11.7. The van der Waals surface area contributed by atoms with Crippen molar-refractivity contribution in [2.75, 3.05) is 20.3 Å². The molecule has 2 N–H and O–H groups in total. The van der Waals surface area contributed by atoms with Crippen LogP contribution in [0.1, 0.15) is 11.1 Å². The predicted molar refractivity (Wildman–Crippen MR) is 71.1 cm³/mol. The molecule has 0 aromatic heterocycles. The molecule has 1 aromatic rings. The molecule has 0 aliphatic heterocycles. The van der Waals surface area contributed by atoms with Gasteiger partial charge in [-0.25, -0.2) is 0 Å². The van der Waals surface area contributed by atoms with E-state index in [2.05, 4.69) is 5.32 Å². The van der Waals surface area contributed by atoms with Crippen molar-refractivity contribution in [2.24, 2.45) is 0 Å². The molecule has 1 amide bonds. The highest BCUT2D eigenvalue weighted by molar-refractivity contribution is 5.91. The normalized spacial score (nSPS) is 12.6. The number of aryl methyl sites for hydroxylation is 1. The minimum Gasteiger partial charge on any atom is -0.394 e. The van der Waals surface area contributed by atoms with Crippen LogP contribution in [0.15, 0.2) is 30.3 Å². The first kappa shape index (κ1) is 14.4. The molecule has 1 unspecified atom stereocenters. The molecule has 0 radical (unpaired) electrons. The first-order chi connectivity index (χ1) is 8.65. The Morgan fingerprint density at radius 2 is 2.33 bits per heavy atom. The Morgan fingerprint density at radius 3 is 2.94 bits per heavy atom. The van der Waals surface area contributed by atoms with Crippen LogP contribution >= 0.6 is 0 Å². The summed E-state index contributed by atoms with van der Waals surface area (Å²) in [7, 11) is 1.53. The number of hydrogen-bond acceptors (Lipinski definition) is 3. The number of methoxy groups -OCH3 is 1. The van der Waals surface area contributed by atoms with Crippen LogP contribution in [-0.4, -0.2) is 37.4 Å². The summed E-state index contributed by atoms with van der Waals surface area (Å²) in [6.45, 7) is 2.15. The summed E-state index contributed by atoms with van der Waals surface area (Å²) in [5.41, 5.74) is 2.11. The van der Waals surface area contributed by atoms with Crippen LogP contribution in [0.2, 0.25) is 0 Å². The van der Waals surface area contributed by atoms with E-state index in [-0.39, 0.29) is 18.6 Å². The third-order valence-corrected chi connectivity index (χ3v) is 2.40. The second-order valence-corrected chi connectivity index (χ2v) is 4.09. The van der Waals surface area contributed by atoms with Crippen molar-refractivity contribution in [3.8, 4) is 0 Å². The average Bonchev–Trinajstić information content (AvgIpc) is 2.36. The Hall–Kier alpha value is -1.65. The van der Waals surface area contributed by atoms with Crippen LogP contribution in [0, 0.1) is 6.92 Å². The monoisotopic (exact) mass is 249 g/mol. The third-order valence-electron chi connectivity index (χ3n) is 2.40. The Morgan fingerprint density at radius 1 is 1.56 bits per heavy atom. The minimum absolute atomic E-state index is 0.141. The van der Waals surface area contributed by atoms with E-state index in [0.717, 1.165) is 11.1 Å². The van der Waals surface area contributed by atoms with Crippen LogP contribution in [0.5, 0.6) is 0 Å². The summed E-state index contributed by atoms with van der Waals surface area (Å²) in [5.74, 6) is -0.243. The zero-order valence-corrected chi connectivity index (χ0v) is 10.7. The van der Waals surface area contributed by atoms with Crippen LogP contribution in [0.25, 0.3) is 6.08 Å². The highest BCUT2D eigenvalue weighted by Gasteiger charge is 2.08. The van der Waals surface area contributed by atoms with Gasteiger partial charge in [0, 0.05) is 13.2 Å². The maximum absolute atomic E-state index is 11.6. The molecular weight excluding hydrogens is 230 g/mol. The molecule has 1 atom stereocenters. The lowest BCUT2D eigenvalue weighted by Gasteiger charge is -2.13. The maximum atomic E-state index is 11.6. The van der Waals surface area contributed by atoms with Gasteiger partial charge < -0.3 is 15.2 Å². The number of aliphatic hydroxyl groups is 1. The molecule has 4 nitrogen and oxygen atoms in total. The van der Waals surface area contributed by atoms with Gasteiger partial charge in [0.2, 0.25) is 5.91 Å². The summed E-state index contributed by atoms with van der Waals surface area (Å²) in [6, 6.07) is 7.48. The van der Waals surface area contributed by atoms with Gasteiger partial charge in [0.05, 0.1) is 19.3 Å². The Kier molecular flexibility index (Phi) is 6.11. The van der Waals surface area contributed by atoms with Crippen LogP contribution in [0.3, 0.4) is 0 Å². The van der Waals surface area contributed by atoms with Crippen molar-refractivity contribution in [3.63, 3.8) is 0 Å². The molecule has 1 rings (SSSR count). The fourth-order valence-corrected chi connectivity index (χ4v) is 1.54. The number of carbonyl (C=O) groups excluding carboxylic acids is 1. The van der Waals surface area contributed by atoms with Gasteiger partial charge in [-0.15, -0.1) is 0 Å². The third kappa shape index (κ3) is 5.12. The minimum atomic E-state index is -0.371. The fraction of sp³-hybridized carbons (Fsp3) is 0.357. The van der Waals surface area contributed by atoms with E-state index in [1.807, 2.05) is 31.2 Å². The SMILES string of the molecule is COCC(CO)NC(=O)/C=C/c1cccc(C)c1. The predicted octanol–water partition coefficient (Wildman–Crippen LogP) is 1.13. The molecule has 0 saturated carbocycles. The first-order valence-corrected chi connectivity index (χ1v) is 5.80. The molecule has 98 valence electrons. The number of hydrogen-bond donors (Lipinski definition) is 2. The van der Waals surface area contributed by atoms with Gasteiger partial charge in [-0.05, 0) is 18.6 Å². The van der Waals surface area contributed by atoms with E-state index in [0.29, 0.717) is 6.61 Å². The highest BCUT2D eigenvalue weighted by atomic mass is 16.5. The van der Waals surface area contributed by atoms with Crippen molar-refractivity contribution in [1.29, 1.82) is 0 Å². The number of rotatable bonds is 6. The van der Waals surface area contributed by atoms with Crippen molar-refractivity contribution in [1.82, 2.24) is 5.32 Å². The summed E-state index contributed by atoms with van der Waals surface area (Å²) in [6.07, 6.45) is 3.19. The Bertz CT molecular complexity index is 415. The number of ether oxygens (including phenoxy) is 1. The molecule has 0 aliphatic carbocycles. The zero-order chi connectivity index (χ0) is 13.4. The number of aliphatic hydroxyl groups excluding tert-OH is 1. The standard InChI is InChI=1S/C14H19NO3/c1-11-4-3-5-12(8-11)6-7-14(17)15-13(9-16)10-18-2/h3-8,13,16H,9-10H2,1-2H3,(H,15,17)/b7-6+. The van der Waals surface area contributed by atoms with Gasteiger partial charge in [-0.2, -0.15) is 0 Å². The molecule has 4 heteroatoms. The molecular formula is C14H19NO3. The summed E-state index contributed by atoms with van der Waals surface area (Å²) < 4.78 is 4.88. The molecule has 1 aromatic carbocycles. The quantitative estimate of drug-likeness (QED) is 0.743. The van der Waals surface area contributed by atoms with Gasteiger partial charge in [0.25, 0.3) is 0 Å². The number of benzene rings is 1.